The first-order valence-corrected chi connectivity index (χ1v) is 13.2. The summed E-state index contributed by atoms with van der Waals surface area (Å²) >= 11 is 0. The van der Waals surface area contributed by atoms with Crippen LogP contribution in [0, 0.1) is 64.4 Å². The lowest BCUT2D eigenvalue weighted by molar-refractivity contribution is -0.187. The molecule has 0 aromatic heterocycles. The summed E-state index contributed by atoms with van der Waals surface area (Å²) in [6.07, 6.45) is -1.18. The molecule has 0 heterocycles. The van der Waals surface area contributed by atoms with Crippen LogP contribution in [0.15, 0.2) is 60.7 Å². The Balaban J connectivity index is 1.49. The second-order valence-electron chi connectivity index (χ2n) is 9.60. The maximum absolute atomic E-state index is 14.6. The average molecular weight is 617 g/mol. The zero-order chi connectivity index (χ0) is 32.0. The van der Waals surface area contributed by atoms with E-state index in [0.29, 0.717) is 24.1 Å². The third kappa shape index (κ3) is 7.76. The highest BCUT2D eigenvalue weighted by molar-refractivity contribution is 5.50. The van der Waals surface area contributed by atoms with E-state index in [0.717, 1.165) is 31.4 Å². The summed E-state index contributed by atoms with van der Waals surface area (Å²) in [5.74, 6) is -0.818. The van der Waals surface area contributed by atoms with Gasteiger partial charge in [0.2, 0.25) is 0 Å². The summed E-state index contributed by atoms with van der Waals surface area (Å²) in [4.78, 5) is 0. The fourth-order valence-electron chi connectivity index (χ4n) is 4.06. The van der Waals surface area contributed by atoms with Crippen LogP contribution in [0.1, 0.15) is 59.6 Å². The van der Waals surface area contributed by atoms with Gasteiger partial charge in [-0.05, 0) is 66.9 Å². The summed E-state index contributed by atoms with van der Waals surface area (Å²) in [6.45, 7) is 2.02. The van der Waals surface area contributed by atoms with Crippen LogP contribution in [0.25, 0.3) is 0 Å². The van der Waals surface area contributed by atoms with E-state index in [1.807, 2.05) is 6.92 Å². The van der Waals surface area contributed by atoms with Gasteiger partial charge in [0.1, 0.15) is 34.6 Å². The number of halogens is 9. The van der Waals surface area contributed by atoms with Gasteiger partial charge < -0.3 is 4.74 Å². The van der Waals surface area contributed by atoms with Crippen molar-refractivity contribution in [1.82, 2.24) is 0 Å². The molecule has 0 saturated heterocycles. The molecule has 10 heteroatoms. The SMILES string of the molecule is CCCCCc1cc(F)c(C#Cc2ccc(C#Cc3ccc(C(F)(F)Oc4cc(F)c(F)c(F)c4)c(F)c3)c(F)c2)c(F)c1. The molecule has 0 aliphatic heterocycles. The monoisotopic (exact) mass is 616 g/mol. The molecule has 0 spiro atoms. The summed E-state index contributed by atoms with van der Waals surface area (Å²) in [5, 5.41) is 0. The minimum Gasteiger partial charge on any atom is -0.429 e. The molecule has 44 heavy (non-hydrogen) atoms. The van der Waals surface area contributed by atoms with Gasteiger partial charge in [0.25, 0.3) is 0 Å². The number of hydrogen-bond donors (Lipinski definition) is 0. The van der Waals surface area contributed by atoms with E-state index >= 15 is 0 Å². The van der Waals surface area contributed by atoms with E-state index < -0.39 is 63.7 Å². The summed E-state index contributed by atoms with van der Waals surface area (Å²) in [5.41, 5.74) is -1.44. The van der Waals surface area contributed by atoms with Crippen LogP contribution in [-0.4, -0.2) is 0 Å². The van der Waals surface area contributed by atoms with Gasteiger partial charge in [-0.1, -0.05) is 43.4 Å². The molecule has 0 aliphatic carbocycles. The smallest absolute Gasteiger partial charge is 0.429 e. The molecule has 0 saturated carbocycles. The van der Waals surface area contributed by atoms with Crippen molar-refractivity contribution < 1.29 is 44.3 Å². The molecule has 4 rings (SSSR count). The molecule has 0 bridgehead atoms. The predicted molar refractivity (Wildman–Crippen MR) is 145 cm³/mol. The first kappa shape index (κ1) is 32.1. The molecule has 0 radical (unpaired) electrons. The molecule has 4 aromatic carbocycles. The fraction of sp³-hybridized carbons (Fsp3) is 0.176. The van der Waals surface area contributed by atoms with Crippen LogP contribution in [-0.2, 0) is 12.5 Å². The summed E-state index contributed by atoms with van der Waals surface area (Å²) in [6, 6.07) is 8.55. The normalized spacial score (nSPS) is 11.0. The van der Waals surface area contributed by atoms with Crippen molar-refractivity contribution in [2.24, 2.45) is 0 Å². The topological polar surface area (TPSA) is 9.23 Å². The van der Waals surface area contributed by atoms with Crippen LogP contribution in [0.4, 0.5) is 39.5 Å². The highest BCUT2D eigenvalue weighted by atomic mass is 19.3. The molecular formula is C34H21F9O. The zero-order valence-corrected chi connectivity index (χ0v) is 22.9. The zero-order valence-electron chi connectivity index (χ0n) is 22.9. The quantitative estimate of drug-likeness (QED) is 0.0871. The van der Waals surface area contributed by atoms with Gasteiger partial charge in [-0.3, -0.25) is 0 Å². The van der Waals surface area contributed by atoms with Gasteiger partial charge in [-0.15, -0.1) is 0 Å². The molecule has 4 aromatic rings. The Bertz CT molecular complexity index is 1780. The summed E-state index contributed by atoms with van der Waals surface area (Å²) in [7, 11) is 0. The predicted octanol–water partition coefficient (Wildman–Crippen LogP) is 9.32. The third-order valence-electron chi connectivity index (χ3n) is 6.30. The number of benzene rings is 4. The van der Waals surface area contributed by atoms with Gasteiger partial charge in [0.15, 0.2) is 17.5 Å². The molecule has 226 valence electrons. The number of alkyl halides is 2. The lowest BCUT2D eigenvalue weighted by Gasteiger charge is -2.19. The minimum absolute atomic E-state index is 0.0948. The van der Waals surface area contributed by atoms with Crippen molar-refractivity contribution in [3.05, 3.63) is 135 Å². The number of rotatable bonds is 7. The summed E-state index contributed by atoms with van der Waals surface area (Å²) < 4.78 is 131. The van der Waals surface area contributed by atoms with Crippen molar-refractivity contribution in [2.45, 2.75) is 38.7 Å². The highest BCUT2D eigenvalue weighted by Gasteiger charge is 2.38. The van der Waals surface area contributed by atoms with Crippen molar-refractivity contribution in [3.63, 3.8) is 0 Å². The largest absolute Gasteiger partial charge is 0.429 e. The van der Waals surface area contributed by atoms with Gasteiger partial charge >= 0.3 is 6.11 Å². The van der Waals surface area contributed by atoms with Crippen molar-refractivity contribution in [3.8, 4) is 29.4 Å². The molecule has 0 unspecified atom stereocenters. The molecule has 0 fully saturated rings. The second kappa shape index (κ2) is 13.6. The Kier molecular flexibility index (Phi) is 9.95. The van der Waals surface area contributed by atoms with E-state index in [2.05, 4.69) is 28.4 Å². The molecule has 1 nitrogen and oxygen atoms in total. The Hall–Kier alpha value is -4.83. The Labute approximate surface area is 247 Å². The maximum Gasteiger partial charge on any atom is 0.429 e. The van der Waals surface area contributed by atoms with Crippen LogP contribution in [0.3, 0.4) is 0 Å². The second-order valence-corrected chi connectivity index (χ2v) is 9.60. The Morgan fingerprint density at radius 1 is 0.614 bits per heavy atom. The van der Waals surface area contributed by atoms with Crippen LogP contribution >= 0.6 is 0 Å². The Morgan fingerprint density at radius 3 is 1.80 bits per heavy atom. The van der Waals surface area contributed by atoms with Gasteiger partial charge in [0, 0.05) is 23.3 Å². The van der Waals surface area contributed by atoms with Crippen molar-refractivity contribution in [2.75, 3.05) is 0 Å². The van der Waals surface area contributed by atoms with E-state index in [1.54, 1.807) is 0 Å². The van der Waals surface area contributed by atoms with Gasteiger partial charge in [-0.25, -0.2) is 30.7 Å². The lowest BCUT2D eigenvalue weighted by Crippen LogP contribution is -2.23. The number of ether oxygens (including phenoxy) is 1. The van der Waals surface area contributed by atoms with Crippen molar-refractivity contribution in [1.29, 1.82) is 0 Å². The van der Waals surface area contributed by atoms with Crippen LogP contribution < -0.4 is 4.74 Å². The van der Waals surface area contributed by atoms with Gasteiger partial charge in [0.05, 0.1) is 11.1 Å². The average Bonchev–Trinajstić information content (AvgIpc) is 2.95. The number of hydrogen-bond acceptors (Lipinski definition) is 1. The first-order valence-electron chi connectivity index (χ1n) is 13.2. The van der Waals surface area contributed by atoms with Gasteiger partial charge in [-0.2, -0.15) is 8.78 Å². The van der Waals surface area contributed by atoms with E-state index in [1.165, 1.54) is 24.3 Å². The maximum atomic E-state index is 14.6. The standard InChI is InChI=1S/C34H21F9O/c1-2-3-4-5-22-16-28(36)25(29(37)17-22)12-8-20-6-10-23(27(35)14-20)11-7-21-9-13-26(30(38)15-21)34(42,43)44-24-18-31(39)33(41)32(40)19-24/h6,9-10,13-19H,2-5H2,1H3. The molecular weight excluding hydrogens is 595 g/mol. The molecule has 0 atom stereocenters. The molecule has 0 amide bonds. The fourth-order valence-corrected chi connectivity index (χ4v) is 4.06. The minimum atomic E-state index is -4.40. The number of unbranched alkanes of at least 4 members (excludes halogenated alkanes) is 2. The lowest BCUT2D eigenvalue weighted by atomic mass is 10.0. The van der Waals surface area contributed by atoms with Crippen molar-refractivity contribution >= 4 is 0 Å². The highest BCUT2D eigenvalue weighted by Crippen LogP contribution is 2.34. The molecule has 0 aliphatic rings. The van der Waals surface area contributed by atoms with Crippen LogP contribution in [0.2, 0.25) is 0 Å². The van der Waals surface area contributed by atoms with Crippen LogP contribution in [0.5, 0.6) is 5.75 Å². The van der Waals surface area contributed by atoms with E-state index in [9.17, 15) is 39.5 Å². The van der Waals surface area contributed by atoms with E-state index in [4.69, 9.17) is 0 Å². The number of aryl methyl sites for hydroxylation is 1. The first-order chi connectivity index (χ1) is 20.9. The molecule has 0 N–H and O–H groups in total. The Morgan fingerprint density at radius 2 is 1.20 bits per heavy atom. The third-order valence-corrected chi connectivity index (χ3v) is 6.30. The van der Waals surface area contributed by atoms with E-state index in [-0.39, 0.29) is 28.8 Å².